The van der Waals surface area contributed by atoms with Crippen LogP contribution in [0.3, 0.4) is 0 Å². The number of nitrogens with two attached hydrogens (primary N) is 1. The Hall–Kier alpha value is -2.13. The third kappa shape index (κ3) is 3.14. The van der Waals surface area contributed by atoms with Crippen molar-refractivity contribution in [2.24, 2.45) is 5.73 Å². The average molecular weight is 280 g/mol. The Morgan fingerprint density at radius 2 is 1.67 bits per heavy atom. The van der Waals surface area contributed by atoms with Crippen LogP contribution in [0.1, 0.15) is 27.0 Å². The molecule has 0 saturated heterocycles. The molecule has 0 radical (unpaired) electrons. The molecule has 3 heteroatoms. The summed E-state index contributed by atoms with van der Waals surface area (Å²) >= 11 is 0. The lowest BCUT2D eigenvalue weighted by Gasteiger charge is -2.12. The van der Waals surface area contributed by atoms with E-state index in [9.17, 15) is 4.79 Å². The number of hydrogen-bond acceptors (Lipinski definition) is 2. The van der Waals surface area contributed by atoms with Crippen molar-refractivity contribution >= 4 is 5.91 Å². The molecule has 108 valence electrons. The van der Waals surface area contributed by atoms with Gasteiger partial charge in [-0.2, -0.15) is 0 Å². The molecule has 1 aliphatic rings. The van der Waals surface area contributed by atoms with Gasteiger partial charge >= 0.3 is 0 Å². The van der Waals surface area contributed by atoms with Gasteiger partial charge in [0.2, 0.25) is 0 Å². The van der Waals surface area contributed by atoms with Gasteiger partial charge in [-0.25, -0.2) is 0 Å². The van der Waals surface area contributed by atoms with E-state index < -0.39 is 0 Å². The van der Waals surface area contributed by atoms with Crippen molar-refractivity contribution in [2.75, 3.05) is 6.54 Å². The smallest absolute Gasteiger partial charge is 0.251 e. The molecule has 2 aromatic rings. The maximum absolute atomic E-state index is 12.3. The second-order valence-electron chi connectivity index (χ2n) is 5.58. The lowest BCUT2D eigenvalue weighted by atomic mass is 10.1. The standard InChI is InChI=1S/C18H20N2O/c19-10-9-13-5-7-14(8-6-13)18(21)20-17-11-15-3-1-2-4-16(15)12-17/h1-8,17H,9-12,19H2,(H,20,21). The lowest BCUT2D eigenvalue weighted by molar-refractivity contribution is 0.0938. The zero-order chi connectivity index (χ0) is 14.7. The topological polar surface area (TPSA) is 55.1 Å². The van der Waals surface area contributed by atoms with Gasteiger partial charge in [-0.15, -0.1) is 0 Å². The van der Waals surface area contributed by atoms with Gasteiger partial charge in [-0.05, 0) is 54.6 Å². The minimum Gasteiger partial charge on any atom is -0.349 e. The van der Waals surface area contributed by atoms with Crippen LogP contribution in [-0.2, 0) is 19.3 Å². The van der Waals surface area contributed by atoms with Crippen molar-refractivity contribution in [3.63, 3.8) is 0 Å². The van der Waals surface area contributed by atoms with Crippen LogP contribution in [0.15, 0.2) is 48.5 Å². The predicted octanol–water partition coefficient (Wildman–Crippen LogP) is 2.08. The van der Waals surface area contributed by atoms with E-state index in [4.69, 9.17) is 5.73 Å². The summed E-state index contributed by atoms with van der Waals surface area (Å²) in [4.78, 5) is 12.3. The number of hydrogen-bond donors (Lipinski definition) is 2. The van der Waals surface area contributed by atoms with Crippen LogP contribution >= 0.6 is 0 Å². The first-order chi connectivity index (χ1) is 10.3. The molecule has 1 aliphatic carbocycles. The molecular weight excluding hydrogens is 260 g/mol. The molecule has 2 aromatic carbocycles. The quantitative estimate of drug-likeness (QED) is 0.901. The summed E-state index contributed by atoms with van der Waals surface area (Å²) < 4.78 is 0. The highest BCUT2D eigenvalue weighted by molar-refractivity contribution is 5.94. The second-order valence-corrected chi connectivity index (χ2v) is 5.58. The lowest BCUT2D eigenvalue weighted by Crippen LogP contribution is -2.35. The Morgan fingerprint density at radius 1 is 1.05 bits per heavy atom. The van der Waals surface area contributed by atoms with Gasteiger partial charge in [0.1, 0.15) is 0 Å². The Kier molecular flexibility index (Phi) is 4.02. The molecule has 21 heavy (non-hydrogen) atoms. The van der Waals surface area contributed by atoms with Gasteiger partial charge in [0, 0.05) is 11.6 Å². The molecular formula is C18H20N2O. The number of rotatable bonds is 4. The van der Waals surface area contributed by atoms with Gasteiger partial charge in [-0.1, -0.05) is 36.4 Å². The molecule has 0 aliphatic heterocycles. The highest BCUT2D eigenvalue weighted by Gasteiger charge is 2.22. The molecule has 0 unspecified atom stereocenters. The van der Waals surface area contributed by atoms with E-state index in [1.54, 1.807) is 0 Å². The van der Waals surface area contributed by atoms with Crippen LogP contribution in [0.2, 0.25) is 0 Å². The Bertz CT molecular complexity index is 609. The van der Waals surface area contributed by atoms with Crippen molar-refractivity contribution in [1.82, 2.24) is 5.32 Å². The number of fused-ring (bicyclic) bond motifs is 1. The van der Waals surface area contributed by atoms with E-state index in [0.29, 0.717) is 12.1 Å². The minimum atomic E-state index is 0.00658. The molecule has 1 amide bonds. The van der Waals surface area contributed by atoms with E-state index in [-0.39, 0.29) is 11.9 Å². The summed E-state index contributed by atoms with van der Waals surface area (Å²) in [5, 5.41) is 3.13. The van der Waals surface area contributed by atoms with Gasteiger partial charge in [0.05, 0.1) is 0 Å². The third-order valence-electron chi connectivity index (χ3n) is 4.04. The molecule has 0 aromatic heterocycles. The van der Waals surface area contributed by atoms with E-state index in [0.717, 1.165) is 19.3 Å². The first-order valence-electron chi connectivity index (χ1n) is 7.43. The van der Waals surface area contributed by atoms with Crippen molar-refractivity contribution < 1.29 is 4.79 Å². The summed E-state index contributed by atoms with van der Waals surface area (Å²) in [6.45, 7) is 0.631. The molecule has 0 saturated carbocycles. The van der Waals surface area contributed by atoms with E-state index in [1.165, 1.54) is 16.7 Å². The summed E-state index contributed by atoms with van der Waals surface area (Å²) in [5.41, 5.74) is 10.1. The zero-order valence-electron chi connectivity index (χ0n) is 12.0. The molecule has 3 nitrogen and oxygen atoms in total. The molecule has 0 bridgehead atoms. The van der Waals surface area contributed by atoms with Crippen LogP contribution < -0.4 is 11.1 Å². The average Bonchev–Trinajstić information content (AvgIpc) is 2.90. The molecule has 3 rings (SSSR count). The SMILES string of the molecule is NCCc1ccc(C(=O)NC2Cc3ccccc3C2)cc1. The fourth-order valence-corrected chi connectivity index (χ4v) is 2.92. The fraction of sp³-hybridized carbons (Fsp3) is 0.278. The van der Waals surface area contributed by atoms with Crippen molar-refractivity contribution in [3.8, 4) is 0 Å². The monoisotopic (exact) mass is 280 g/mol. The van der Waals surface area contributed by atoms with Gasteiger partial charge in [0.25, 0.3) is 5.91 Å². The van der Waals surface area contributed by atoms with Crippen molar-refractivity contribution in [3.05, 3.63) is 70.8 Å². The van der Waals surface area contributed by atoms with Crippen LogP contribution in [0.4, 0.5) is 0 Å². The Morgan fingerprint density at radius 3 is 2.24 bits per heavy atom. The van der Waals surface area contributed by atoms with Crippen LogP contribution in [0, 0.1) is 0 Å². The Labute approximate surface area is 125 Å². The first-order valence-corrected chi connectivity index (χ1v) is 7.43. The zero-order valence-corrected chi connectivity index (χ0v) is 12.0. The largest absolute Gasteiger partial charge is 0.349 e. The van der Waals surface area contributed by atoms with E-state index in [2.05, 4.69) is 29.6 Å². The molecule has 0 atom stereocenters. The van der Waals surface area contributed by atoms with Crippen molar-refractivity contribution in [1.29, 1.82) is 0 Å². The highest BCUT2D eigenvalue weighted by Crippen LogP contribution is 2.21. The number of carbonyl (C=O) groups is 1. The fourth-order valence-electron chi connectivity index (χ4n) is 2.92. The maximum Gasteiger partial charge on any atom is 0.251 e. The number of amides is 1. The van der Waals surface area contributed by atoms with Gasteiger partial charge < -0.3 is 11.1 Å². The minimum absolute atomic E-state index is 0.00658. The molecule has 0 fully saturated rings. The number of benzene rings is 2. The van der Waals surface area contributed by atoms with Crippen molar-refractivity contribution in [2.45, 2.75) is 25.3 Å². The third-order valence-corrected chi connectivity index (χ3v) is 4.04. The normalized spacial score (nSPS) is 14.0. The number of nitrogens with one attached hydrogen (secondary N) is 1. The molecule has 0 heterocycles. The summed E-state index contributed by atoms with van der Waals surface area (Å²) in [6.07, 6.45) is 2.69. The maximum atomic E-state index is 12.3. The van der Waals surface area contributed by atoms with Crippen LogP contribution in [0.5, 0.6) is 0 Å². The summed E-state index contributed by atoms with van der Waals surface area (Å²) in [5.74, 6) is 0.00658. The predicted molar refractivity (Wildman–Crippen MR) is 84.3 cm³/mol. The van der Waals surface area contributed by atoms with Gasteiger partial charge in [0.15, 0.2) is 0 Å². The molecule has 3 N–H and O–H groups in total. The first kappa shape index (κ1) is 13.8. The van der Waals surface area contributed by atoms with Gasteiger partial charge in [-0.3, -0.25) is 4.79 Å². The molecule has 0 spiro atoms. The summed E-state index contributed by atoms with van der Waals surface area (Å²) in [6, 6.07) is 16.3. The number of carbonyl (C=O) groups excluding carboxylic acids is 1. The highest BCUT2D eigenvalue weighted by atomic mass is 16.1. The van der Waals surface area contributed by atoms with E-state index >= 15 is 0 Å². The van der Waals surface area contributed by atoms with Crippen LogP contribution in [0.25, 0.3) is 0 Å². The summed E-state index contributed by atoms with van der Waals surface area (Å²) in [7, 11) is 0. The van der Waals surface area contributed by atoms with Crippen LogP contribution in [-0.4, -0.2) is 18.5 Å². The van der Waals surface area contributed by atoms with E-state index in [1.807, 2.05) is 24.3 Å². The Balaban J connectivity index is 1.62. The second kappa shape index (κ2) is 6.10.